The second-order valence-corrected chi connectivity index (χ2v) is 4.93. The minimum absolute atomic E-state index is 0.324. The highest BCUT2D eigenvalue weighted by Gasteiger charge is 2.14. The smallest absolute Gasteiger partial charge is 0.343 e. The maximum absolute atomic E-state index is 12.3. The quantitative estimate of drug-likeness (QED) is 0.566. The zero-order chi connectivity index (χ0) is 18.2. The van der Waals surface area contributed by atoms with Crippen molar-refractivity contribution in [2.75, 3.05) is 20.3 Å². The Morgan fingerprint density at radius 2 is 1.40 bits per heavy atom. The molecule has 132 valence electrons. The molecule has 0 spiro atoms. The molecule has 0 saturated carbocycles. The van der Waals surface area contributed by atoms with E-state index in [0.717, 1.165) is 0 Å². The number of rotatable bonds is 7. The number of hydrogen-bond acceptors (Lipinski definition) is 6. The minimum atomic E-state index is -0.533. The maximum atomic E-state index is 12.3. The number of carbonyl (C=O) groups excluding carboxylic acids is 2. The first kappa shape index (κ1) is 18.3. The molecule has 0 bridgehead atoms. The van der Waals surface area contributed by atoms with Crippen LogP contribution in [0.2, 0.25) is 0 Å². The van der Waals surface area contributed by atoms with Crippen molar-refractivity contribution in [2.45, 2.75) is 13.8 Å². The highest BCUT2D eigenvalue weighted by Crippen LogP contribution is 2.29. The van der Waals surface area contributed by atoms with Crippen LogP contribution in [0.5, 0.6) is 17.2 Å². The monoisotopic (exact) mass is 344 g/mol. The van der Waals surface area contributed by atoms with E-state index in [1.165, 1.54) is 31.4 Å². The Morgan fingerprint density at radius 1 is 0.800 bits per heavy atom. The molecule has 0 aliphatic rings. The van der Waals surface area contributed by atoms with Gasteiger partial charge in [0.2, 0.25) is 0 Å². The summed E-state index contributed by atoms with van der Waals surface area (Å²) in [6.07, 6.45) is 0. The standard InChI is InChI=1S/C19H20O6/c1-4-23-16-11-8-14(12-17(16)24-5-2)19(21)25-15-9-6-13(7-10-15)18(20)22-3/h6-12H,4-5H2,1-3H3. The molecule has 6 heteroatoms. The number of hydrogen-bond donors (Lipinski definition) is 0. The van der Waals surface area contributed by atoms with Gasteiger partial charge >= 0.3 is 11.9 Å². The fraction of sp³-hybridized carbons (Fsp3) is 0.263. The van der Waals surface area contributed by atoms with E-state index in [4.69, 9.17) is 14.2 Å². The second kappa shape index (κ2) is 8.73. The Bertz CT molecular complexity index is 736. The van der Waals surface area contributed by atoms with E-state index >= 15 is 0 Å². The van der Waals surface area contributed by atoms with Crippen molar-refractivity contribution >= 4 is 11.9 Å². The fourth-order valence-electron chi connectivity index (χ4n) is 2.12. The predicted octanol–water partition coefficient (Wildman–Crippen LogP) is 3.49. The Kier molecular flexibility index (Phi) is 6.39. The number of ether oxygens (including phenoxy) is 4. The van der Waals surface area contributed by atoms with Crippen molar-refractivity contribution in [3.8, 4) is 17.2 Å². The molecule has 0 radical (unpaired) electrons. The Labute approximate surface area is 146 Å². The van der Waals surface area contributed by atoms with E-state index < -0.39 is 11.9 Å². The van der Waals surface area contributed by atoms with Gasteiger partial charge < -0.3 is 18.9 Å². The first-order valence-corrected chi connectivity index (χ1v) is 7.89. The van der Waals surface area contributed by atoms with Crippen molar-refractivity contribution in [1.82, 2.24) is 0 Å². The van der Waals surface area contributed by atoms with Crippen LogP contribution < -0.4 is 14.2 Å². The van der Waals surface area contributed by atoms with Gasteiger partial charge in [0.15, 0.2) is 11.5 Å². The molecule has 0 aliphatic carbocycles. The van der Waals surface area contributed by atoms with Crippen molar-refractivity contribution < 1.29 is 28.5 Å². The van der Waals surface area contributed by atoms with Crippen LogP contribution in [-0.4, -0.2) is 32.3 Å². The van der Waals surface area contributed by atoms with E-state index in [0.29, 0.717) is 41.6 Å². The molecule has 2 aromatic carbocycles. The molecule has 0 fully saturated rings. The van der Waals surface area contributed by atoms with Crippen molar-refractivity contribution in [1.29, 1.82) is 0 Å². The highest BCUT2D eigenvalue weighted by molar-refractivity contribution is 5.92. The second-order valence-electron chi connectivity index (χ2n) is 4.93. The van der Waals surface area contributed by atoms with Gasteiger partial charge in [0.05, 0.1) is 31.5 Å². The maximum Gasteiger partial charge on any atom is 0.343 e. The molecule has 0 atom stereocenters. The van der Waals surface area contributed by atoms with Crippen LogP contribution in [0.25, 0.3) is 0 Å². The number of methoxy groups -OCH3 is 1. The first-order chi connectivity index (χ1) is 12.1. The molecule has 0 amide bonds. The van der Waals surface area contributed by atoms with Gasteiger partial charge in [-0.1, -0.05) is 0 Å². The summed E-state index contributed by atoms with van der Waals surface area (Å²) in [6.45, 7) is 4.67. The summed E-state index contributed by atoms with van der Waals surface area (Å²) in [4.78, 5) is 23.7. The number of carbonyl (C=O) groups is 2. The van der Waals surface area contributed by atoms with Crippen LogP contribution in [0.4, 0.5) is 0 Å². The first-order valence-electron chi connectivity index (χ1n) is 7.89. The van der Waals surface area contributed by atoms with Gasteiger partial charge in [-0.05, 0) is 56.3 Å². The van der Waals surface area contributed by atoms with Gasteiger partial charge in [-0.25, -0.2) is 9.59 Å². The minimum Gasteiger partial charge on any atom is -0.490 e. The lowest BCUT2D eigenvalue weighted by Gasteiger charge is -2.12. The third-order valence-corrected chi connectivity index (χ3v) is 3.27. The van der Waals surface area contributed by atoms with Crippen molar-refractivity contribution in [3.63, 3.8) is 0 Å². The summed E-state index contributed by atoms with van der Waals surface area (Å²) in [6, 6.07) is 11.0. The molecular formula is C19H20O6. The molecule has 0 heterocycles. The average Bonchev–Trinajstić information content (AvgIpc) is 2.63. The molecule has 0 saturated heterocycles. The lowest BCUT2D eigenvalue weighted by atomic mass is 10.2. The molecule has 0 unspecified atom stereocenters. The lowest BCUT2D eigenvalue weighted by molar-refractivity contribution is 0.0600. The molecule has 0 N–H and O–H groups in total. The molecule has 2 aromatic rings. The van der Waals surface area contributed by atoms with Crippen LogP contribution in [0.3, 0.4) is 0 Å². The van der Waals surface area contributed by atoms with E-state index in [9.17, 15) is 9.59 Å². The third-order valence-electron chi connectivity index (χ3n) is 3.27. The Hall–Kier alpha value is -3.02. The molecular weight excluding hydrogens is 324 g/mol. The predicted molar refractivity (Wildman–Crippen MR) is 91.5 cm³/mol. The largest absolute Gasteiger partial charge is 0.490 e. The summed E-state index contributed by atoms with van der Waals surface area (Å²) in [5.74, 6) is 0.397. The van der Waals surface area contributed by atoms with E-state index in [2.05, 4.69) is 4.74 Å². The zero-order valence-corrected chi connectivity index (χ0v) is 14.4. The molecule has 0 aromatic heterocycles. The topological polar surface area (TPSA) is 71.1 Å². The average molecular weight is 344 g/mol. The van der Waals surface area contributed by atoms with Gasteiger partial charge in [0.1, 0.15) is 5.75 Å². The van der Waals surface area contributed by atoms with Gasteiger partial charge in [-0.3, -0.25) is 0 Å². The van der Waals surface area contributed by atoms with Gasteiger partial charge in [0.25, 0.3) is 0 Å². The van der Waals surface area contributed by atoms with E-state index in [1.807, 2.05) is 13.8 Å². The summed E-state index contributed by atoms with van der Waals surface area (Å²) in [5, 5.41) is 0. The molecule has 25 heavy (non-hydrogen) atoms. The summed E-state index contributed by atoms with van der Waals surface area (Å²) >= 11 is 0. The normalized spacial score (nSPS) is 10.0. The van der Waals surface area contributed by atoms with Crippen LogP contribution >= 0.6 is 0 Å². The van der Waals surface area contributed by atoms with Crippen molar-refractivity contribution in [3.05, 3.63) is 53.6 Å². The van der Waals surface area contributed by atoms with Crippen LogP contribution in [-0.2, 0) is 4.74 Å². The number of esters is 2. The molecule has 0 aliphatic heterocycles. The Balaban J connectivity index is 2.14. The van der Waals surface area contributed by atoms with E-state index in [-0.39, 0.29) is 0 Å². The lowest BCUT2D eigenvalue weighted by Crippen LogP contribution is -2.10. The zero-order valence-electron chi connectivity index (χ0n) is 14.4. The van der Waals surface area contributed by atoms with Crippen molar-refractivity contribution in [2.24, 2.45) is 0 Å². The van der Waals surface area contributed by atoms with Crippen LogP contribution in [0.15, 0.2) is 42.5 Å². The van der Waals surface area contributed by atoms with Gasteiger partial charge in [0, 0.05) is 0 Å². The summed E-state index contributed by atoms with van der Waals surface area (Å²) in [5.41, 5.74) is 0.714. The SMILES string of the molecule is CCOc1ccc(C(=O)Oc2ccc(C(=O)OC)cc2)cc1OCC. The Morgan fingerprint density at radius 3 is 2.00 bits per heavy atom. The van der Waals surface area contributed by atoms with E-state index in [1.54, 1.807) is 18.2 Å². The summed E-state index contributed by atoms with van der Waals surface area (Å²) < 4.78 is 20.9. The van der Waals surface area contributed by atoms with Crippen LogP contribution in [0.1, 0.15) is 34.6 Å². The molecule has 2 rings (SSSR count). The molecule has 6 nitrogen and oxygen atoms in total. The fourth-order valence-corrected chi connectivity index (χ4v) is 2.12. The van der Waals surface area contributed by atoms with Gasteiger partial charge in [-0.2, -0.15) is 0 Å². The summed E-state index contributed by atoms with van der Waals surface area (Å²) in [7, 11) is 1.30. The highest BCUT2D eigenvalue weighted by atomic mass is 16.5. The number of benzene rings is 2. The third kappa shape index (κ3) is 4.73. The van der Waals surface area contributed by atoms with Crippen LogP contribution in [0, 0.1) is 0 Å². The van der Waals surface area contributed by atoms with Gasteiger partial charge in [-0.15, -0.1) is 0 Å².